The van der Waals surface area contributed by atoms with Gasteiger partial charge in [-0.2, -0.15) is 0 Å². The van der Waals surface area contributed by atoms with Gasteiger partial charge in [0.1, 0.15) is 13.2 Å². The van der Waals surface area contributed by atoms with E-state index in [1.807, 2.05) is 0 Å². The van der Waals surface area contributed by atoms with Gasteiger partial charge in [-0.3, -0.25) is 14.4 Å². The lowest BCUT2D eigenvalue weighted by atomic mass is 10.1. The molecule has 0 spiro atoms. The molecule has 0 aliphatic rings. The van der Waals surface area contributed by atoms with E-state index < -0.39 is 6.10 Å². The number of unbranched alkanes of at least 4 members (excludes halogenated alkanes) is 22. The molecule has 0 aromatic rings. The molecular formula is C67H110O6. The number of hydrogen-bond donors (Lipinski definition) is 0. The molecule has 6 nitrogen and oxygen atoms in total. The minimum absolute atomic E-state index is 0.104. The van der Waals surface area contributed by atoms with Crippen molar-refractivity contribution in [2.75, 3.05) is 13.2 Å². The Labute approximate surface area is 450 Å². The summed E-state index contributed by atoms with van der Waals surface area (Å²) in [5.74, 6) is -0.970. The summed E-state index contributed by atoms with van der Waals surface area (Å²) in [6.45, 7) is 6.44. The minimum atomic E-state index is -0.811. The van der Waals surface area contributed by atoms with Gasteiger partial charge in [0.15, 0.2) is 6.10 Å². The Hall–Kier alpha value is -4.19. The summed E-state index contributed by atoms with van der Waals surface area (Å²) in [4.78, 5) is 38.2. The highest BCUT2D eigenvalue weighted by molar-refractivity contribution is 5.71. The molecule has 0 amide bonds. The summed E-state index contributed by atoms with van der Waals surface area (Å²) < 4.78 is 16.8. The Morgan fingerprint density at radius 1 is 0.288 bits per heavy atom. The van der Waals surface area contributed by atoms with Crippen LogP contribution in [0.3, 0.4) is 0 Å². The van der Waals surface area contributed by atoms with Crippen molar-refractivity contribution in [1.29, 1.82) is 0 Å². The number of ether oxygens (including phenoxy) is 3. The van der Waals surface area contributed by atoms with Crippen LogP contribution in [0.15, 0.2) is 122 Å². The third kappa shape index (κ3) is 58.6. The molecule has 0 aliphatic heterocycles. The Bertz CT molecular complexity index is 1540. The van der Waals surface area contributed by atoms with E-state index in [-0.39, 0.29) is 31.1 Å². The first-order valence-electron chi connectivity index (χ1n) is 30.0. The summed E-state index contributed by atoms with van der Waals surface area (Å²) in [6.07, 6.45) is 83.3. The van der Waals surface area contributed by atoms with Gasteiger partial charge >= 0.3 is 17.9 Å². The molecule has 0 N–H and O–H groups in total. The molecule has 6 heteroatoms. The smallest absolute Gasteiger partial charge is 0.306 e. The van der Waals surface area contributed by atoms with Crippen molar-refractivity contribution in [2.45, 2.75) is 271 Å². The maximum Gasteiger partial charge on any atom is 0.306 e. The van der Waals surface area contributed by atoms with Crippen molar-refractivity contribution in [1.82, 2.24) is 0 Å². The molecule has 414 valence electrons. The zero-order valence-corrected chi connectivity index (χ0v) is 47.4. The largest absolute Gasteiger partial charge is 0.462 e. The molecule has 0 aromatic heterocycles. The van der Waals surface area contributed by atoms with E-state index in [4.69, 9.17) is 14.2 Å². The Morgan fingerprint density at radius 3 is 0.890 bits per heavy atom. The lowest BCUT2D eigenvalue weighted by molar-refractivity contribution is -0.167. The fraction of sp³-hybridized carbons (Fsp3) is 0.657. The van der Waals surface area contributed by atoms with Crippen molar-refractivity contribution in [3.05, 3.63) is 122 Å². The van der Waals surface area contributed by atoms with Crippen LogP contribution in [0.4, 0.5) is 0 Å². The Balaban J connectivity index is 4.49. The molecular weight excluding hydrogens is 901 g/mol. The van der Waals surface area contributed by atoms with Crippen molar-refractivity contribution in [3.63, 3.8) is 0 Å². The van der Waals surface area contributed by atoms with Crippen molar-refractivity contribution >= 4 is 17.9 Å². The summed E-state index contributed by atoms with van der Waals surface area (Å²) in [5.41, 5.74) is 0. The number of carbonyl (C=O) groups excluding carboxylic acids is 3. The van der Waals surface area contributed by atoms with E-state index in [9.17, 15) is 14.4 Å². The van der Waals surface area contributed by atoms with Gasteiger partial charge in [0, 0.05) is 19.3 Å². The predicted molar refractivity (Wildman–Crippen MR) is 316 cm³/mol. The Kier molecular flexibility index (Phi) is 56.9. The molecule has 0 saturated carbocycles. The van der Waals surface area contributed by atoms with Crippen LogP contribution < -0.4 is 0 Å². The zero-order valence-electron chi connectivity index (χ0n) is 47.4. The van der Waals surface area contributed by atoms with Gasteiger partial charge in [-0.05, 0) is 135 Å². The maximum atomic E-state index is 12.9. The molecule has 0 heterocycles. The first-order valence-corrected chi connectivity index (χ1v) is 30.0. The van der Waals surface area contributed by atoms with Crippen LogP contribution in [0.5, 0.6) is 0 Å². The van der Waals surface area contributed by atoms with Crippen molar-refractivity contribution in [2.24, 2.45) is 0 Å². The standard InChI is InChI=1S/C67H110O6/c1-4-7-10-13-16-19-22-25-27-29-31-33-35-37-39-42-45-48-51-54-57-60-66(69)72-63-64(62-71-65(68)59-56-53-50-47-44-41-24-21-18-15-12-9-6-3)73-67(70)61-58-55-52-49-46-43-40-38-36-34-32-30-28-26-23-20-17-14-11-8-5-2/h7,10,16,19,21,23-27,30-33,36-39,45,48,64H,4-6,8-9,11-15,17-18,20,22,28-29,34-35,40-44,46-47,49-63H2,1-3H3/b10-7-,19-16-,24-21-,26-23-,27-25-,32-30-,33-31-,38-36-,39-37-,48-45-. The third-order valence-electron chi connectivity index (χ3n) is 12.4. The topological polar surface area (TPSA) is 78.9 Å². The van der Waals surface area contributed by atoms with E-state index in [0.29, 0.717) is 25.7 Å². The normalized spacial score (nSPS) is 13.0. The lowest BCUT2D eigenvalue weighted by Gasteiger charge is -2.18. The molecule has 1 unspecified atom stereocenters. The van der Waals surface area contributed by atoms with Crippen molar-refractivity contribution in [3.8, 4) is 0 Å². The quantitative estimate of drug-likeness (QED) is 0.0261. The number of esters is 3. The van der Waals surface area contributed by atoms with E-state index in [2.05, 4.69) is 142 Å². The van der Waals surface area contributed by atoms with Crippen LogP contribution in [0.1, 0.15) is 265 Å². The summed E-state index contributed by atoms with van der Waals surface area (Å²) in [6, 6.07) is 0. The highest BCUT2D eigenvalue weighted by atomic mass is 16.6. The summed E-state index contributed by atoms with van der Waals surface area (Å²) in [5, 5.41) is 0. The van der Waals surface area contributed by atoms with Gasteiger partial charge < -0.3 is 14.2 Å². The minimum Gasteiger partial charge on any atom is -0.462 e. The average Bonchev–Trinajstić information content (AvgIpc) is 3.39. The first-order chi connectivity index (χ1) is 36.0. The predicted octanol–water partition coefficient (Wildman–Crippen LogP) is 20.4. The molecule has 0 saturated heterocycles. The zero-order chi connectivity index (χ0) is 52.9. The maximum absolute atomic E-state index is 12.9. The van der Waals surface area contributed by atoms with Crippen LogP contribution in [0.2, 0.25) is 0 Å². The van der Waals surface area contributed by atoms with Crippen LogP contribution in [-0.4, -0.2) is 37.2 Å². The van der Waals surface area contributed by atoms with Gasteiger partial charge in [0.2, 0.25) is 0 Å². The fourth-order valence-electron chi connectivity index (χ4n) is 7.92. The van der Waals surface area contributed by atoms with E-state index in [1.54, 1.807) is 0 Å². The van der Waals surface area contributed by atoms with Crippen LogP contribution in [-0.2, 0) is 28.6 Å². The fourth-order valence-corrected chi connectivity index (χ4v) is 7.92. The molecule has 0 bridgehead atoms. The second-order valence-electron chi connectivity index (χ2n) is 19.5. The highest BCUT2D eigenvalue weighted by Crippen LogP contribution is 2.14. The van der Waals surface area contributed by atoms with Gasteiger partial charge in [-0.25, -0.2) is 0 Å². The van der Waals surface area contributed by atoms with Crippen LogP contribution in [0.25, 0.3) is 0 Å². The van der Waals surface area contributed by atoms with Crippen molar-refractivity contribution < 1.29 is 28.6 Å². The van der Waals surface area contributed by atoms with Crippen LogP contribution in [0, 0.1) is 0 Å². The lowest BCUT2D eigenvalue weighted by Crippen LogP contribution is -2.30. The molecule has 0 radical (unpaired) electrons. The first kappa shape index (κ1) is 68.8. The highest BCUT2D eigenvalue weighted by Gasteiger charge is 2.19. The molecule has 73 heavy (non-hydrogen) atoms. The second-order valence-corrected chi connectivity index (χ2v) is 19.5. The average molecular weight is 1010 g/mol. The van der Waals surface area contributed by atoms with Gasteiger partial charge in [0.05, 0.1) is 0 Å². The molecule has 0 aliphatic carbocycles. The number of carbonyl (C=O) groups is 3. The second kappa shape index (κ2) is 60.4. The molecule has 0 aromatic carbocycles. The van der Waals surface area contributed by atoms with E-state index in [1.165, 1.54) is 89.9 Å². The molecule has 0 fully saturated rings. The van der Waals surface area contributed by atoms with E-state index >= 15 is 0 Å². The third-order valence-corrected chi connectivity index (χ3v) is 12.4. The molecule has 0 rings (SSSR count). The number of allylic oxidation sites excluding steroid dienone is 20. The number of hydrogen-bond acceptors (Lipinski definition) is 6. The SMILES string of the molecule is CC/C=C\C/C=C\C/C=C\C/C=C\C/C=C\C/C=C\CCCCC(=O)OCC(COC(=O)CCCCCCC/C=C\CCCCCC)OC(=O)CCCCCCCC/C=C\C/C=C\C/C=C\CCCCCCC. The van der Waals surface area contributed by atoms with Crippen LogP contribution >= 0.6 is 0 Å². The summed E-state index contributed by atoms with van der Waals surface area (Å²) >= 11 is 0. The van der Waals surface area contributed by atoms with Gasteiger partial charge in [-0.1, -0.05) is 232 Å². The molecule has 1 atom stereocenters. The van der Waals surface area contributed by atoms with E-state index in [0.717, 1.165) is 128 Å². The monoisotopic (exact) mass is 1010 g/mol. The Morgan fingerprint density at radius 2 is 0.534 bits per heavy atom. The van der Waals surface area contributed by atoms with Gasteiger partial charge in [-0.15, -0.1) is 0 Å². The number of rotatable bonds is 53. The summed E-state index contributed by atoms with van der Waals surface area (Å²) in [7, 11) is 0. The van der Waals surface area contributed by atoms with Gasteiger partial charge in [0.25, 0.3) is 0 Å².